The molecule has 2 aromatic carbocycles. The Morgan fingerprint density at radius 1 is 1.12 bits per heavy atom. The van der Waals surface area contributed by atoms with Crippen molar-refractivity contribution < 1.29 is 18.7 Å². The van der Waals surface area contributed by atoms with Gasteiger partial charge in [0.25, 0.3) is 0 Å². The molecule has 2 aliphatic rings. The summed E-state index contributed by atoms with van der Waals surface area (Å²) in [6.07, 6.45) is 0.0101. The van der Waals surface area contributed by atoms with Gasteiger partial charge in [-0.15, -0.1) is 0 Å². The van der Waals surface area contributed by atoms with E-state index in [-0.39, 0.29) is 18.9 Å². The van der Waals surface area contributed by atoms with Crippen molar-refractivity contribution >= 4 is 33.5 Å². The van der Waals surface area contributed by atoms with E-state index in [9.17, 15) is 14.0 Å². The first-order valence-electron chi connectivity index (χ1n) is 7.79. The summed E-state index contributed by atoms with van der Waals surface area (Å²) in [5.41, 5.74) is 1.85. The fourth-order valence-electron chi connectivity index (χ4n) is 3.38. The molecule has 0 saturated carbocycles. The van der Waals surface area contributed by atoms with Crippen molar-refractivity contribution in [1.29, 1.82) is 0 Å². The molecular weight excluding hydrogens is 389 g/mol. The Labute approximate surface area is 152 Å². The van der Waals surface area contributed by atoms with Crippen LogP contribution < -0.4 is 4.90 Å². The minimum absolute atomic E-state index is 0.0101. The van der Waals surface area contributed by atoms with Gasteiger partial charge in [0, 0.05) is 22.5 Å². The van der Waals surface area contributed by atoms with Gasteiger partial charge in [-0.2, -0.15) is 0 Å². The largest absolute Gasteiger partial charge is 0.456 e. The standard InChI is InChI=1S/C19H13BrFNO3/c20-11-6-7-15(21)13(8-11)14-9-17(23)22(12-4-2-1-3-5-12)16-10-25-19(24)18(14)16/h1-8,14H,9-10H2. The highest BCUT2D eigenvalue weighted by molar-refractivity contribution is 9.10. The number of hydrogen-bond acceptors (Lipinski definition) is 3. The summed E-state index contributed by atoms with van der Waals surface area (Å²) < 4.78 is 20.2. The zero-order valence-corrected chi connectivity index (χ0v) is 14.6. The SMILES string of the molecule is O=C1OCC2=C1C(c1cc(Br)ccc1F)CC(=O)N2c1ccccc1. The van der Waals surface area contributed by atoms with Crippen molar-refractivity contribution in [2.24, 2.45) is 0 Å². The predicted molar refractivity (Wildman–Crippen MR) is 93.4 cm³/mol. The number of amides is 1. The van der Waals surface area contributed by atoms with E-state index in [0.717, 1.165) is 0 Å². The summed E-state index contributed by atoms with van der Waals surface area (Å²) in [6.45, 7) is 0.0148. The molecule has 1 atom stereocenters. The average molecular weight is 402 g/mol. The van der Waals surface area contributed by atoms with Gasteiger partial charge in [0.1, 0.15) is 12.4 Å². The highest BCUT2D eigenvalue weighted by atomic mass is 79.9. The van der Waals surface area contributed by atoms with Gasteiger partial charge in [0.2, 0.25) is 5.91 Å². The van der Waals surface area contributed by atoms with Crippen LogP contribution >= 0.6 is 15.9 Å². The van der Waals surface area contributed by atoms with Crippen LogP contribution in [-0.2, 0) is 14.3 Å². The smallest absolute Gasteiger partial charge is 0.336 e. The second-order valence-electron chi connectivity index (χ2n) is 5.92. The summed E-state index contributed by atoms with van der Waals surface area (Å²) in [6, 6.07) is 13.6. The molecule has 0 spiro atoms. The highest BCUT2D eigenvalue weighted by Crippen LogP contribution is 2.42. The molecule has 2 aliphatic heterocycles. The van der Waals surface area contributed by atoms with Crippen LogP contribution in [0.1, 0.15) is 17.9 Å². The lowest BCUT2D eigenvalue weighted by atomic mass is 9.84. The fourth-order valence-corrected chi connectivity index (χ4v) is 3.76. The molecule has 0 radical (unpaired) electrons. The van der Waals surface area contributed by atoms with Gasteiger partial charge in [-0.25, -0.2) is 9.18 Å². The molecule has 4 rings (SSSR count). The number of benzene rings is 2. The summed E-state index contributed by atoms with van der Waals surface area (Å²) in [5, 5.41) is 0. The molecule has 2 aromatic rings. The van der Waals surface area contributed by atoms with E-state index in [1.807, 2.05) is 18.2 Å². The average Bonchev–Trinajstić information content (AvgIpc) is 2.99. The van der Waals surface area contributed by atoms with Crippen LogP contribution in [0, 0.1) is 5.82 Å². The van der Waals surface area contributed by atoms with Gasteiger partial charge >= 0.3 is 5.97 Å². The molecule has 4 nitrogen and oxygen atoms in total. The van der Waals surface area contributed by atoms with E-state index < -0.39 is 17.7 Å². The third kappa shape index (κ3) is 2.66. The highest BCUT2D eigenvalue weighted by Gasteiger charge is 2.43. The van der Waals surface area contributed by atoms with Gasteiger partial charge in [-0.05, 0) is 35.9 Å². The molecule has 0 fully saturated rings. The monoisotopic (exact) mass is 401 g/mol. The lowest BCUT2D eigenvalue weighted by molar-refractivity contribution is -0.136. The molecule has 0 saturated heterocycles. The van der Waals surface area contributed by atoms with E-state index in [2.05, 4.69) is 15.9 Å². The van der Waals surface area contributed by atoms with Gasteiger partial charge in [0.15, 0.2) is 0 Å². The maximum absolute atomic E-state index is 14.4. The van der Waals surface area contributed by atoms with Crippen molar-refractivity contribution in [3.05, 3.63) is 75.7 Å². The molecule has 0 bridgehead atoms. The summed E-state index contributed by atoms with van der Waals surface area (Å²) >= 11 is 3.32. The van der Waals surface area contributed by atoms with Gasteiger partial charge in [-0.1, -0.05) is 34.1 Å². The third-order valence-electron chi connectivity index (χ3n) is 4.47. The van der Waals surface area contributed by atoms with Crippen LogP contribution in [0.3, 0.4) is 0 Å². The number of hydrogen-bond donors (Lipinski definition) is 0. The Bertz CT molecular complexity index is 910. The lowest BCUT2D eigenvalue weighted by Crippen LogP contribution is -2.37. The number of carbonyl (C=O) groups excluding carboxylic acids is 2. The maximum atomic E-state index is 14.4. The molecule has 1 unspecified atom stereocenters. The zero-order valence-electron chi connectivity index (χ0n) is 13.0. The Morgan fingerprint density at radius 2 is 1.88 bits per heavy atom. The minimum Gasteiger partial charge on any atom is -0.456 e. The molecule has 0 aliphatic carbocycles. The van der Waals surface area contributed by atoms with Crippen LogP contribution in [0.2, 0.25) is 0 Å². The number of cyclic esters (lactones) is 1. The van der Waals surface area contributed by atoms with Crippen LogP contribution in [0.4, 0.5) is 10.1 Å². The van der Waals surface area contributed by atoms with E-state index >= 15 is 0 Å². The Morgan fingerprint density at radius 3 is 2.64 bits per heavy atom. The van der Waals surface area contributed by atoms with Crippen LogP contribution in [0.15, 0.2) is 64.3 Å². The topological polar surface area (TPSA) is 46.6 Å². The Balaban J connectivity index is 1.87. The number of halogens is 2. The van der Waals surface area contributed by atoms with Crippen molar-refractivity contribution in [3.8, 4) is 0 Å². The Hall–Kier alpha value is -2.47. The first kappa shape index (κ1) is 16.0. The first-order chi connectivity index (χ1) is 12.1. The molecule has 0 N–H and O–H groups in total. The van der Waals surface area contributed by atoms with Crippen molar-refractivity contribution in [3.63, 3.8) is 0 Å². The van der Waals surface area contributed by atoms with E-state index in [0.29, 0.717) is 27.0 Å². The lowest BCUT2D eigenvalue weighted by Gasteiger charge is -2.32. The van der Waals surface area contributed by atoms with Gasteiger partial charge < -0.3 is 4.74 Å². The van der Waals surface area contributed by atoms with Crippen LogP contribution in [0.25, 0.3) is 0 Å². The summed E-state index contributed by atoms with van der Waals surface area (Å²) in [7, 11) is 0. The summed E-state index contributed by atoms with van der Waals surface area (Å²) in [5.74, 6) is -1.77. The molecule has 126 valence electrons. The van der Waals surface area contributed by atoms with Gasteiger partial charge in [0.05, 0.1) is 11.3 Å². The number of nitrogens with zero attached hydrogens (tertiary/aromatic N) is 1. The fraction of sp³-hybridized carbons (Fsp3) is 0.158. The second kappa shape index (κ2) is 6.11. The second-order valence-corrected chi connectivity index (χ2v) is 6.84. The molecule has 1 amide bonds. The maximum Gasteiger partial charge on any atom is 0.336 e. The predicted octanol–water partition coefficient (Wildman–Crippen LogP) is 3.92. The molecule has 6 heteroatoms. The summed E-state index contributed by atoms with van der Waals surface area (Å²) in [4.78, 5) is 26.6. The van der Waals surface area contributed by atoms with Crippen molar-refractivity contribution in [2.75, 3.05) is 11.5 Å². The molecule has 25 heavy (non-hydrogen) atoms. The van der Waals surface area contributed by atoms with Crippen LogP contribution in [-0.4, -0.2) is 18.5 Å². The van der Waals surface area contributed by atoms with Crippen LogP contribution in [0.5, 0.6) is 0 Å². The number of anilines is 1. The minimum atomic E-state index is -0.644. The van der Waals surface area contributed by atoms with Crippen molar-refractivity contribution in [2.45, 2.75) is 12.3 Å². The van der Waals surface area contributed by atoms with E-state index in [1.165, 1.54) is 11.0 Å². The number of ether oxygens (including phenoxy) is 1. The number of rotatable bonds is 2. The number of carbonyl (C=O) groups is 2. The quantitative estimate of drug-likeness (QED) is 0.716. The van der Waals surface area contributed by atoms with Gasteiger partial charge in [-0.3, -0.25) is 9.69 Å². The number of esters is 1. The number of para-hydroxylation sites is 1. The van der Waals surface area contributed by atoms with E-state index in [4.69, 9.17) is 4.74 Å². The van der Waals surface area contributed by atoms with E-state index in [1.54, 1.807) is 24.3 Å². The third-order valence-corrected chi connectivity index (χ3v) is 4.96. The normalized spacial score (nSPS) is 19.9. The first-order valence-corrected chi connectivity index (χ1v) is 8.58. The Kier molecular flexibility index (Phi) is 3.92. The zero-order chi connectivity index (χ0) is 17.6. The molecule has 2 heterocycles. The van der Waals surface area contributed by atoms with Crippen molar-refractivity contribution in [1.82, 2.24) is 0 Å². The molecular formula is C19H13BrFNO3. The molecule has 0 aromatic heterocycles.